The van der Waals surface area contributed by atoms with E-state index < -0.39 is 0 Å². The topological polar surface area (TPSA) is 71.1 Å². The summed E-state index contributed by atoms with van der Waals surface area (Å²) in [5.41, 5.74) is 2.59. The number of nitrogens with one attached hydrogen (secondary N) is 2. The van der Waals surface area contributed by atoms with Crippen molar-refractivity contribution in [3.63, 3.8) is 0 Å². The second-order valence-electron chi connectivity index (χ2n) is 8.64. The third-order valence-electron chi connectivity index (χ3n) is 6.32. The molecule has 2 saturated carbocycles. The molecule has 2 fully saturated rings. The minimum Gasteiger partial charge on any atom is -0.326 e. The van der Waals surface area contributed by atoms with E-state index in [-0.39, 0.29) is 29.5 Å². The Balaban J connectivity index is 1.43. The van der Waals surface area contributed by atoms with Crippen LogP contribution in [0.5, 0.6) is 0 Å². The number of hydrogen-bond donors (Lipinski definition) is 2. The molecule has 31 heavy (non-hydrogen) atoms. The Morgan fingerprint density at radius 2 is 1.68 bits per heavy atom. The number of carbonyl (C=O) groups excluding carboxylic acids is 2. The zero-order valence-electron chi connectivity index (χ0n) is 17.4. The van der Waals surface area contributed by atoms with Gasteiger partial charge in [0.05, 0.1) is 0 Å². The molecule has 6 heteroatoms. The van der Waals surface area contributed by atoms with Crippen LogP contribution in [0, 0.1) is 24.6 Å². The number of halogens is 1. The maximum Gasteiger partial charge on any atom is 0.228 e. The number of nitrogens with zero attached hydrogens (tertiary/aromatic N) is 1. The number of benzene rings is 2. The molecule has 5 nitrogen and oxygen atoms in total. The Bertz CT molecular complexity index is 1200. The summed E-state index contributed by atoms with van der Waals surface area (Å²) in [5.74, 6) is 0.334. The maximum absolute atomic E-state index is 14.6. The standard InChI is InChI=1S/C25H24FN3O2/c1-14-21(11-20(12-22(14)26)28-24(30)15-3-2-4-15)18-8-7-17-10-23(27-13-19(17)9-18)29-25(31)16-5-6-16/h7-13,15-16H,2-6H2,1H3,(H,28,30)(H,27,29,31). The Morgan fingerprint density at radius 3 is 2.39 bits per heavy atom. The highest BCUT2D eigenvalue weighted by atomic mass is 19.1. The highest BCUT2D eigenvalue weighted by Crippen LogP contribution is 2.33. The first kappa shape index (κ1) is 19.7. The van der Waals surface area contributed by atoms with Crippen molar-refractivity contribution >= 4 is 34.1 Å². The van der Waals surface area contributed by atoms with Gasteiger partial charge in [-0.25, -0.2) is 9.37 Å². The molecule has 158 valence electrons. The van der Waals surface area contributed by atoms with Crippen LogP contribution in [-0.4, -0.2) is 16.8 Å². The highest BCUT2D eigenvalue weighted by molar-refractivity contribution is 5.97. The Kier molecular flexibility index (Phi) is 4.93. The van der Waals surface area contributed by atoms with Gasteiger partial charge in [0, 0.05) is 29.1 Å². The van der Waals surface area contributed by atoms with Crippen molar-refractivity contribution < 1.29 is 14.0 Å². The van der Waals surface area contributed by atoms with Crippen molar-refractivity contribution in [2.24, 2.45) is 11.8 Å². The van der Waals surface area contributed by atoms with E-state index in [9.17, 15) is 14.0 Å². The van der Waals surface area contributed by atoms with Gasteiger partial charge in [0.25, 0.3) is 0 Å². The van der Waals surface area contributed by atoms with Crippen LogP contribution in [0.2, 0.25) is 0 Å². The number of amides is 2. The molecule has 2 aliphatic rings. The SMILES string of the molecule is Cc1c(F)cc(NC(=O)C2CCC2)cc1-c1ccc2cc(NC(=O)C3CC3)ncc2c1. The lowest BCUT2D eigenvalue weighted by atomic mass is 9.85. The number of hydrogen-bond acceptors (Lipinski definition) is 3. The van der Waals surface area contributed by atoms with Gasteiger partial charge in [0.1, 0.15) is 11.6 Å². The average molecular weight is 417 g/mol. The van der Waals surface area contributed by atoms with E-state index >= 15 is 0 Å². The largest absolute Gasteiger partial charge is 0.326 e. The third-order valence-corrected chi connectivity index (χ3v) is 6.32. The molecule has 0 unspecified atom stereocenters. The monoisotopic (exact) mass is 417 g/mol. The van der Waals surface area contributed by atoms with E-state index in [2.05, 4.69) is 15.6 Å². The Hall–Kier alpha value is -3.28. The molecule has 0 spiro atoms. The van der Waals surface area contributed by atoms with Crippen molar-refractivity contribution in [1.29, 1.82) is 0 Å². The van der Waals surface area contributed by atoms with Crippen LogP contribution in [0.4, 0.5) is 15.9 Å². The van der Waals surface area contributed by atoms with Gasteiger partial charge in [-0.15, -0.1) is 0 Å². The summed E-state index contributed by atoms with van der Waals surface area (Å²) in [4.78, 5) is 28.6. The molecule has 1 aromatic heterocycles. The van der Waals surface area contributed by atoms with Gasteiger partial charge in [0.15, 0.2) is 0 Å². The minimum atomic E-state index is -0.349. The van der Waals surface area contributed by atoms with Crippen molar-refractivity contribution in [3.8, 4) is 11.1 Å². The van der Waals surface area contributed by atoms with Crippen LogP contribution in [0.1, 0.15) is 37.7 Å². The molecule has 2 aromatic carbocycles. The molecular weight excluding hydrogens is 393 g/mol. The first-order valence-electron chi connectivity index (χ1n) is 10.8. The van der Waals surface area contributed by atoms with Crippen molar-refractivity contribution in [3.05, 3.63) is 54.0 Å². The molecule has 5 rings (SSSR count). The van der Waals surface area contributed by atoms with Crippen molar-refractivity contribution in [2.45, 2.75) is 39.0 Å². The van der Waals surface area contributed by atoms with Crippen molar-refractivity contribution in [1.82, 2.24) is 4.98 Å². The lowest BCUT2D eigenvalue weighted by Gasteiger charge is -2.24. The lowest BCUT2D eigenvalue weighted by molar-refractivity contribution is -0.122. The Labute approximate surface area is 180 Å². The molecule has 1 heterocycles. The second-order valence-corrected chi connectivity index (χ2v) is 8.64. The molecule has 0 bridgehead atoms. The van der Waals surface area contributed by atoms with Gasteiger partial charge in [0.2, 0.25) is 11.8 Å². The normalized spacial score (nSPS) is 16.1. The van der Waals surface area contributed by atoms with Crippen molar-refractivity contribution in [2.75, 3.05) is 10.6 Å². The molecule has 0 aliphatic heterocycles. The predicted molar refractivity (Wildman–Crippen MR) is 119 cm³/mol. The predicted octanol–water partition coefficient (Wildman–Crippen LogP) is 5.44. The number of fused-ring (bicyclic) bond motifs is 1. The summed E-state index contributed by atoms with van der Waals surface area (Å²) in [6.07, 6.45) is 6.47. The first-order chi connectivity index (χ1) is 15.0. The molecule has 0 atom stereocenters. The number of aromatic nitrogens is 1. The van der Waals surface area contributed by atoms with E-state index in [0.29, 0.717) is 17.1 Å². The summed E-state index contributed by atoms with van der Waals surface area (Å²) >= 11 is 0. The van der Waals surface area contributed by atoms with Crippen LogP contribution in [-0.2, 0) is 9.59 Å². The van der Waals surface area contributed by atoms with Crippen LogP contribution < -0.4 is 10.6 Å². The fraction of sp³-hybridized carbons (Fsp3) is 0.320. The van der Waals surface area contributed by atoms with Gasteiger partial charge in [-0.1, -0.05) is 18.6 Å². The number of carbonyl (C=O) groups is 2. The lowest BCUT2D eigenvalue weighted by Crippen LogP contribution is -2.28. The van der Waals surface area contributed by atoms with Gasteiger partial charge >= 0.3 is 0 Å². The summed E-state index contributed by atoms with van der Waals surface area (Å²) in [6.45, 7) is 1.74. The molecule has 2 aliphatic carbocycles. The zero-order valence-corrected chi connectivity index (χ0v) is 17.4. The molecule has 2 N–H and O–H groups in total. The smallest absolute Gasteiger partial charge is 0.228 e. The highest BCUT2D eigenvalue weighted by Gasteiger charge is 2.29. The Morgan fingerprint density at radius 1 is 0.935 bits per heavy atom. The maximum atomic E-state index is 14.6. The van der Waals surface area contributed by atoms with Gasteiger partial charge in [-0.2, -0.15) is 0 Å². The second kappa shape index (κ2) is 7.76. The van der Waals surface area contributed by atoms with Crippen LogP contribution in [0.25, 0.3) is 21.9 Å². The van der Waals surface area contributed by atoms with Gasteiger partial charge in [-0.3, -0.25) is 9.59 Å². The quantitative estimate of drug-likeness (QED) is 0.581. The fourth-order valence-electron chi connectivity index (χ4n) is 3.92. The van der Waals surface area contributed by atoms with E-state index in [4.69, 9.17) is 0 Å². The van der Waals surface area contributed by atoms with E-state index in [0.717, 1.165) is 54.0 Å². The van der Waals surface area contributed by atoms with E-state index in [1.165, 1.54) is 6.07 Å². The molecule has 0 radical (unpaired) electrons. The van der Waals surface area contributed by atoms with E-state index in [1.807, 2.05) is 30.3 Å². The summed E-state index contributed by atoms with van der Waals surface area (Å²) in [5, 5.41) is 7.57. The average Bonchev–Trinajstić information content (AvgIpc) is 3.54. The molecule has 3 aromatic rings. The van der Waals surface area contributed by atoms with E-state index in [1.54, 1.807) is 13.1 Å². The summed E-state index contributed by atoms with van der Waals surface area (Å²) in [7, 11) is 0. The van der Waals surface area contributed by atoms with Crippen LogP contribution in [0.3, 0.4) is 0 Å². The fourth-order valence-corrected chi connectivity index (χ4v) is 3.92. The molecular formula is C25H24FN3O2. The number of rotatable bonds is 5. The van der Waals surface area contributed by atoms with Crippen LogP contribution >= 0.6 is 0 Å². The first-order valence-corrected chi connectivity index (χ1v) is 10.8. The van der Waals surface area contributed by atoms with Crippen LogP contribution in [0.15, 0.2) is 42.6 Å². The molecule has 2 amide bonds. The summed E-state index contributed by atoms with van der Waals surface area (Å²) < 4.78 is 14.6. The third kappa shape index (κ3) is 4.02. The number of anilines is 2. The molecule has 0 saturated heterocycles. The van der Waals surface area contributed by atoms with Gasteiger partial charge < -0.3 is 10.6 Å². The number of pyridine rings is 1. The minimum absolute atomic E-state index is 0.0235. The summed E-state index contributed by atoms with van der Waals surface area (Å²) in [6, 6.07) is 10.9. The van der Waals surface area contributed by atoms with Gasteiger partial charge in [-0.05, 0) is 78.9 Å². The zero-order chi connectivity index (χ0) is 21.5.